The molecule has 0 aliphatic carbocycles. The van der Waals surface area contributed by atoms with Crippen LogP contribution in [0.4, 0.5) is 22.8 Å². The quantitative estimate of drug-likeness (QED) is 0.739. The average Bonchev–Trinajstić information content (AvgIpc) is 2.60. The maximum Gasteiger partial charge on any atom is 0.410 e. The summed E-state index contributed by atoms with van der Waals surface area (Å²) in [5.41, 5.74) is -0.612. The molecular formula is C14H20F3N3O3. The molecule has 2 rings (SSSR count). The van der Waals surface area contributed by atoms with Crippen LogP contribution in [0, 0.1) is 0 Å². The molecule has 2 aliphatic heterocycles. The summed E-state index contributed by atoms with van der Waals surface area (Å²) in [5, 5.41) is 0. The van der Waals surface area contributed by atoms with Gasteiger partial charge < -0.3 is 14.5 Å². The molecule has 2 aliphatic rings. The van der Waals surface area contributed by atoms with Crippen molar-refractivity contribution < 1.29 is 27.5 Å². The van der Waals surface area contributed by atoms with Crippen LogP contribution in [-0.4, -0.2) is 70.8 Å². The minimum absolute atomic E-state index is 0.0561. The molecule has 2 saturated heterocycles. The number of fused-ring (bicyclic) bond motifs is 1. The summed E-state index contributed by atoms with van der Waals surface area (Å²) in [6, 6.07) is -1.37. The summed E-state index contributed by atoms with van der Waals surface area (Å²) in [6.45, 7) is 7.85. The van der Waals surface area contributed by atoms with E-state index >= 15 is 0 Å². The highest BCUT2D eigenvalue weighted by Gasteiger charge is 2.48. The SMILES string of the molecule is C=C1C2CN(C(=O)OC(C)(C)C)CCN2C(=O)N1CC(F)(F)F. The number of carbonyl (C=O) groups is 2. The molecule has 0 saturated carbocycles. The summed E-state index contributed by atoms with van der Waals surface area (Å²) < 4.78 is 43.0. The predicted molar refractivity (Wildman–Crippen MR) is 75.6 cm³/mol. The highest BCUT2D eigenvalue weighted by Crippen LogP contribution is 2.31. The lowest BCUT2D eigenvalue weighted by molar-refractivity contribution is -0.136. The summed E-state index contributed by atoms with van der Waals surface area (Å²) >= 11 is 0. The van der Waals surface area contributed by atoms with Gasteiger partial charge in [-0.1, -0.05) is 6.58 Å². The Morgan fingerprint density at radius 3 is 2.43 bits per heavy atom. The van der Waals surface area contributed by atoms with Crippen LogP contribution >= 0.6 is 0 Å². The highest BCUT2D eigenvalue weighted by atomic mass is 19.4. The predicted octanol–water partition coefficient (Wildman–Crippen LogP) is 2.42. The largest absolute Gasteiger partial charge is 0.444 e. The Kier molecular flexibility index (Phi) is 4.25. The molecule has 3 amide bonds. The second-order valence-corrected chi connectivity index (χ2v) is 6.61. The Bertz CT molecular complexity index is 528. The number of rotatable bonds is 1. The van der Waals surface area contributed by atoms with Gasteiger partial charge in [0, 0.05) is 18.8 Å². The first-order valence-electron chi connectivity index (χ1n) is 7.21. The van der Waals surface area contributed by atoms with E-state index in [2.05, 4.69) is 6.58 Å². The highest BCUT2D eigenvalue weighted by molar-refractivity contribution is 5.81. The molecule has 130 valence electrons. The monoisotopic (exact) mass is 335 g/mol. The Labute approximate surface area is 132 Å². The molecule has 0 bridgehead atoms. The van der Waals surface area contributed by atoms with Crippen LogP contribution in [0.3, 0.4) is 0 Å². The van der Waals surface area contributed by atoms with Crippen molar-refractivity contribution in [3.8, 4) is 0 Å². The van der Waals surface area contributed by atoms with Crippen molar-refractivity contribution in [3.63, 3.8) is 0 Å². The van der Waals surface area contributed by atoms with Crippen molar-refractivity contribution in [2.45, 2.75) is 38.6 Å². The topological polar surface area (TPSA) is 53.1 Å². The number of alkyl halides is 3. The third kappa shape index (κ3) is 3.89. The lowest BCUT2D eigenvalue weighted by Crippen LogP contribution is -2.54. The van der Waals surface area contributed by atoms with Crippen LogP contribution in [-0.2, 0) is 4.74 Å². The smallest absolute Gasteiger partial charge is 0.410 e. The van der Waals surface area contributed by atoms with Gasteiger partial charge in [-0.3, -0.25) is 4.90 Å². The van der Waals surface area contributed by atoms with Gasteiger partial charge >= 0.3 is 18.3 Å². The van der Waals surface area contributed by atoms with Crippen molar-refractivity contribution in [3.05, 3.63) is 12.3 Å². The van der Waals surface area contributed by atoms with E-state index < -0.39 is 36.5 Å². The van der Waals surface area contributed by atoms with Crippen molar-refractivity contribution in [2.75, 3.05) is 26.2 Å². The van der Waals surface area contributed by atoms with E-state index in [0.29, 0.717) is 4.90 Å². The average molecular weight is 335 g/mol. The fourth-order valence-corrected chi connectivity index (χ4v) is 2.60. The fourth-order valence-electron chi connectivity index (χ4n) is 2.60. The molecule has 2 heterocycles. The summed E-state index contributed by atoms with van der Waals surface area (Å²) in [7, 11) is 0. The number of halogens is 3. The number of nitrogens with zero attached hydrogens (tertiary/aromatic N) is 3. The molecule has 0 aromatic heterocycles. The number of hydrogen-bond acceptors (Lipinski definition) is 3. The van der Waals surface area contributed by atoms with Crippen molar-refractivity contribution in [1.82, 2.24) is 14.7 Å². The van der Waals surface area contributed by atoms with Crippen LogP contribution in [0.2, 0.25) is 0 Å². The Balaban J connectivity index is 2.08. The molecule has 1 unspecified atom stereocenters. The maximum atomic E-state index is 12.6. The van der Waals surface area contributed by atoms with Crippen molar-refractivity contribution >= 4 is 12.1 Å². The first-order chi connectivity index (χ1) is 10.4. The minimum Gasteiger partial charge on any atom is -0.444 e. The number of urea groups is 1. The number of ether oxygens (including phenoxy) is 1. The molecule has 0 spiro atoms. The van der Waals surface area contributed by atoms with E-state index in [0.717, 1.165) is 0 Å². The van der Waals surface area contributed by atoms with Crippen LogP contribution in [0.15, 0.2) is 12.3 Å². The summed E-state index contributed by atoms with van der Waals surface area (Å²) in [5.74, 6) is 0. The van der Waals surface area contributed by atoms with Crippen LogP contribution < -0.4 is 0 Å². The van der Waals surface area contributed by atoms with Crippen molar-refractivity contribution in [2.24, 2.45) is 0 Å². The Hall–Kier alpha value is -1.93. The Morgan fingerprint density at radius 2 is 1.91 bits per heavy atom. The summed E-state index contributed by atoms with van der Waals surface area (Å²) in [6.07, 6.45) is -5.05. The third-order valence-corrected chi connectivity index (χ3v) is 3.58. The van der Waals surface area contributed by atoms with E-state index in [1.165, 1.54) is 9.80 Å². The molecule has 0 aromatic carbocycles. The molecule has 9 heteroatoms. The van der Waals surface area contributed by atoms with Crippen LogP contribution in [0.1, 0.15) is 20.8 Å². The lowest BCUT2D eigenvalue weighted by atomic mass is 10.1. The number of amides is 3. The molecule has 2 fully saturated rings. The van der Waals surface area contributed by atoms with Gasteiger partial charge in [0.15, 0.2) is 0 Å². The van der Waals surface area contributed by atoms with Crippen LogP contribution in [0.5, 0.6) is 0 Å². The zero-order chi connectivity index (χ0) is 17.6. The van der Waals surface area contributed by atoms with Gasteiger partial charge in [-0.2, -0.15) is 13.2 Å². The molecule has 0 aromatic rings. The van der Waals surface area contributed by atoms with Gasteiger partial charge in [0.2, 0.25) is 0 Å². The van der Waals surface area contributed by atoms with Gasteiger partial charge in [-0.05, 0) is 20.8 Å². The fraction of sp³-hybridized carbons (Fsp3) is 0.714. The van der Waals surface area contributed by atoms with Gasteiger partial charge in [0.25, 0.3) is 0 Å². The van der Waals surface area contributed by atoms with E-state index in [-0.39, 0.29) is 25.3 Å². The van der Waals surface area contributed by atoms with Gasteiger partial charge in [0.05, 0.1) is 12.6 Å². The lowest BCUT2D eigenvalue weighted by Gasteiger charge is -2.37. The van der Waals surface area contributed by atoms with Gasteiger partial charge in [0.1, 0.15) is 12.1 Å². The van der Waals surface area contributed by atoms with E-state index in [1.807, 2.05) is 0 Å². The maximum absolute atomic E-state index is 12.6. The minimum atomic E-state index is -4.50. The van der Waals surface area contributed by atoms with Gasteiger partial charge in [-0.25, -0.2) is 9.59 Å². The second-order valence-electron chi connectivity index (χ2n) is 6.61. The molecule has 0 radical (unpaired) electrons. The van der Waals surface area contributed by atoms with E-state index in [4.69, 9.17) is 4.74 Å². The number of piperazine rings is 1. The Morgan fingerprint density at radius 1 is 1.30 bits per heavy atom. The molecule has 6 nitrogen and oxygen atoms in total. The third-order valence-electron chi connectivity index (χ3n) is 3.58. The molecule has 0 N–H and O–H groups in total. The summed E-state index contributed by atoms with van der Waals surface area (Å²) in [4.78, 5) is 27.5. The zero-order valence-electron chi connectivity index (χ0n) is 13.3. The molecule has 1 atom stereocenters. The standard InChI is InChI=1S/C14H20F3N3O3/c1-9-10-7-18(12(22)23-13(2,3)4)5-6-19(10)11(21)20(9)8-14(15,16)17/h10H,1,5-8H2,2-4H3. The second kappa shape index (κ2) is 5.61. The van der Waals surface area contributed by atoms with Gasteiger partial charge in [-0.15, -0.1) is 0 Å². The number of hydrogen-bond donors (Lipinski definition) is 0. The first kappa shape index (κ1) is 17.4. The normalized spacial score (nSPS) is 22.5. The number of carbonyl (C=O) groups excluding carboxylic acids is 2. The molecular weight excluding hydrogens is 315 g/mol. The van der Waals surface area contributed by atoms with E-state index in [9.17, 15) is 22.8 Å². The van der Waals surface area contributed by atoms with Crippen LogP contribution in [0.25, 0.3) is 0 Å². The first-order valence-corrected chi connectivity index (χ1v) is 7.21. The van der Waals surface area contributed by atoms with Crippen molar-refractivity contribution in [1.29, 1.82) is 0 Å². The molecule has 23 heavy (non-hydrogen) atoms. The van der Waals surface area contributed by atoms with E-state index in [1.54, 1.807) is 20.8 Å². The zero-order valence-corrected chi connectivity index (χ0v) is 13.3.